The summed E-state index contributed by atoms with van der Waals surface area (Å²) in [7, 11) is 0. The smallest absolute Gasteiger partial charge is 0.244 e. The van der Waals surface area contributed by atoms with E-state index in [1.54, 1.807) is 0 Å². The summed E-state index contributed by atoms with van der Waals surface area (Å²) >= 11 is 0. The van der Waals surface area contributed by atoms with Crippen molar-refractivity contribution >= 4 is 5.91 Å². The van der Waals surface area contributed by atoms with Gasteiger partial charge in [0, 0.05) is 6.04 Å². The molecule has 1 saturated heterocycles. The van der Waals surface area contributed by atoms with Gasteiger partial charge in [-0.3, -0.25) is 10.1 Å². The van der Waals surface area contributed by atoms with Crippen molar-refractivity contribution in [1.29, 1.82) is 0 Å². The van der Waals surface area contributed by atoms with Gasteiger partial charge in [-0.05, 0) is 25.7 Å². The van der Waals surface area contributed by atoms with Crippen molar-refractivity contribution in [3.05, 3.63) is 0 Å². The van der Waals surface area contributed by atoms with Crippen LogP contribution in [0, 0.1) is 5.92 Å². The summed E-state index contributed by atoms with van der Waals surface area (Å²) < 4.78 is 0. The van der Waals surface area contributed by atoms with Crippen molar-refractivity contribution in [2.45, 2.75) is 51.6 Å². The van der Waals surface area contributed by atoms with Crippen molar-refractivity contribution in [3.8, 4) is 0 Å². The van der Waals surface area contributed by atoms with E-state index in [4.69, 9.17) is 0 Å². The van der Waals surface area contributed by atoms with Crippen LogP contribution in [-0.2, 0) is 4.79 Å². The molecule has 0 bridgehead atoms. The molecule has 1 aliphatic carbocycles. The maximum atomic E-state index is 12.0. The molecule has 0 radical (unpaired) electrons. The van der Waals surface area contributed by atoms with Crippen molar-refractivity contribution in [1.82, 2.24) is 10.2 Å². The molecule has 1 amide bonds. The average molecular weight is 196 g/mol. The van der Waals surface area contributed by atoms with Crippen LogP contribution in [0.4, 0.5) is 0 Å². The third-order valence-electron chi connectivity index (χ3n) is 3.97. The normalized spacial score (nSPS) is 28.2. The first-order chi connectivity index (χ1) is 6.60. The average Bonchev–Trinajstić information content (AvgIpc) is 2.90. The van der Waals surface area contributed by atoms with Crippen LogP contribution in [0.1, 0.15) is 40.0 Å². The Balaban J connectivity index is 2.02. The third-order valence-corrected chi connectivity index (χ3v) is 3.97. The Labute approximate surface area is 85.8 Å². The zero-order valence-corrected chi connectivity index (χ0v) is 9.34. The lowest BCUT2D eigenvalue weighted by Gasteiger charge is -2.28. The largest absolute Gasteiger partial charge is 0.325 e. The van der Waals surface area contributed by atoms with Gasteiger partial charge < -0.3 is 4.90 Å². The summed E-state index contributed by atoms with van der Waals surface area (Å²) in [6.45, 7) is 7.32. The summed E-state index contributed by atoms with van der Waals surface area (Å²) in [5.74, 6) is 0.931. The van der Waals surface area contributed by atoms with Gasteiger partial charge in [0.25, 0.3) is 0 Å². The zero-order valence-electron chi connectivity index (χ0n) is 9.34. The van der Waals surface area contributed by atoms with E-state index in [1.807, 2.05) is 4.90 Å². The van der Waals surface area contributed by atoms with Gasteiger partial charge in [0.05, 0.1) is 12.2 Å². The van der Waals surface area contributed by atoms with Crippen molar-refractivity contribution in [3.63, 3.8) is 0 Å². The first-order valence-electron chi connectivity index (χ1n) is 5.67. The molecule has 14 heavy (non-hydrogen) atoms. The van der Waals surface area contributed by atoms with Crippen LogP contribution in [0.25, 0.3) is 0 Å². The monoisotopic (exact) mass is 196 g/mol. The number of hydrogen-bond acceptors (Lipinski definition) is 2. The van der Waals surface area contributed by atoms with Crippen LogP contribution in [0.3, 0.4) is 0 Å². The molecule has 3 heteroatoms. The molecular formula is C11H20N2O. The Hall–Kier alpha value is -0.570. The Kier molecular flexibility index (Phi) is 2.30. The van der Waals surface area contributed by atoms with E-state index in [1.165, 1.54) is 0 Å². The lowest BCUT2D eigenvalue weighted by molar-refractivity contribution is -0.132. The van der Waals surface area contributed by atoms with E-state index < -0.39 is 0 Å². The minimum Gasteiger partial charge on any atom is -0.325 e. The molecule has 2 rings (SSSR count). The molecule has 0 aromatic carbocycles. The number of carbonyl (C=O) groups excluding carboxylic acids is 1. The van der Waals surface area contributed by atoms with Crippen LogP contribution in [0.2, 0.25) is 0 Å². The third kappa shape index (κ3) is 1.34. The van der Waals surface area contributed by atoms with Crippen molar-refractivity contribution < 1.29 is 4.79 Å². The molecule has 2 atom stereocenters. The highest BCUT2D eigenvalue weighted by molar-refractivity contribution is 5.91. The molecule has 2 unspecified atom stereocenters. The first kappa shape index (κ1) is 9.97. The van der Waals surface area contributed by atoms with E-state index in [0.717, 1.165) is 25.9 Å². The molecule has 1 aliphatic heterocycles. The minimum atomic E-state index is -0.123. The van der Waals surface area contributed by atoms with Crippen LogP contribution in [0.5, 0.6) is 0 Å². The molecule has 1 spiro atoms. The van der Waals surface area contributed by atoms with Gasteiger partial charge in [0.2, 0.25) is 5.91 Å². The maximum Gasteiger partial charge on any atom is 0.244 e. The number of rotatable bonds is 3. The number of nitrogens with one attached hydrogen (secondary N) is 1. The van der Waals surface area contributed by atoms with Gasteiger partial charge >= 0.3 is 0 Å². The van der Waals surface area contributed by atoms with Crippen LogP contribution < -0.4 is 5.32 Å². The Bertz CT molecular complexity index is 248. The molecule has 1 saturated carbocycles. The van der Waals surface area contributed by atoms with Gasteiger partial charge in [-0.1, -0.05) is 20.3 Å². The van der Waals surface area contributed by atoms with Crippen LogP contribution in [-0.4, -0.2) is 29.1 Å². The van der Waals surface area contributed by atoms with Gasteiger partial charge in [0.15, 0.2) is 0 Å². The Morgan fingerprint density at radius 1 is 1.50 bits per heavy atom. The fourth-order valence-corrected chi connectivity index (χ4v) is 2.15. The van der Waals surface area contributed by atoms with E-state index in [9.17, 15) is 4.79 Å². The summed E-state index contributed by atoms with van der Waals surface area (Å²) in [6, 6.07) is 0.375. The quantitative estimate of drug-likeness (QED) is 0.739. The van der Waals surface area contributed by atoms with Gasteiger partial charge in [-0.15, -0.1) is 0 Å². The second-order valence-corrected chi connectivity index (χ2v) is 4.82. The molecule has 3 nitrogen and oxygen atoms in total. The second kappa shape index (κ2) is 3.23. The standard InChI is InChI=1S/C11H20N2O/c1-4-8(2)9(3)13-7-12-11(5-6-11)10(13)14/h8-9,12H,4-7H2,1-3H3. The highest BCUT2D eigenvalue weighted by Crippen LogP contribution is 2.41. The van der Waals surface area contributed by atoms with Crippen molar-refractivity contribution in [2.24, 2.45) is 5.92 Å². The fraction of sp³-hybridized carbons (Fsp3) is 0.909. The number of carbonyl (C=O) groups is 1. The molecule has 0 aromatic rings. The SMILES string of the molecule is CCC(C)C(C)N1CNC2(CC2)C1=O. The minimum absolute atomic E-state index is 0.123. The maximum absolute atomic E-state index is 12.0. The van der Waals surface area contributed by atoms with Gasteiger partial charge in [-0.2, -0.15) is 0 Å². The van der Waals surface area contributed by atoms with Gasteiger partial charge in [0.1, 0.15) is 0 Å². The zero-order chi connectivity index (χ0) is 10.3. The highest BCUT2D eigenvalue weighted by atomic mass is 16.2. The van der Waals surface area contributed by atoms with E-state index in [-0.39, 0.29) is 5.54 Å². The van der Waals surface area contributed by atoms with E-state index in [0.29, 0.717) is 17.9 Å². The summed E-state index contributed by atoms with van der Waals surface area (Å²) in [5, 5.41) is 3.34. The molecule has 1 N–H and O–H groups in total. The molecule has 1 heterocycles. The number of nitrogens with zero attached hydrogens (tertiary/aromatic N) is 1. The fourth-order valence-electron chi connectivity index (χ4n) is 2.15. The predicted octanol–water partition coefficient (Wildman–Crippen LogP) is 1.34. The molecule has 0 aromatic heterocycles. The summed E-state index contributed by atoms with van der Waals surface area (Å²) in [5.41, 5.74) is -0.123. The van der Waals surface area contributed by atoms with Crippen LogP contribution >= 0.6 is 0 Å². The van der Waals surface area contributed by atoms with E-state index >= 15 is 0 Å². The second-order valence-electron chi connectivity index (χ2n) is 4.82. The number of amides is 1. The molecular weight excluding hydrogens is 176 g/mol. The lowest BCUT2D eigenvalue weighted by Crippen LogP contribution is -2.40. The number of hydrogen-bond donors (Lipinski definition) is 1. The van der Waals surface area contributed by atoms with Crippen LogP contribution in [0.15, 0.2) is 0 Å². The van der Waals surface area contributed by atoms with E-state index in [2.05, 4.69) is 26.1 Å². The summed E-state index contributed by atoms with van der Waals surface area (Å²) in [4.78, 5) is 14.0. The Morgan fingerprint density at radius 2 is 2.14 bits per heavy atom. The molecule has 2 fully saturated rings. The predicted molar refractivity (Wildman–Crippen MR) is 55.7 cm³/mol. The topological polar surface area (TPSA) is 32.3 Å². The van der Waals surface area contributed by atoms with Gasteiger partial charge in [-0.25, -0.2) is 0 Å². The summed E-state index contributed by atoms with van der Waals surface area (Å²) in [6.07, 6.45) is 3.21. The Morgan fingerprint density at radius 3 is 2.57 bits per heavy atom. The lowest BCUT2D eigenvalue weighted by atomic mass is 9.99. The van der Waals surface area contributed by atoms with Crippen molar-refractivity contribution in [2.75, 3.05) is 6.67 Å². The first-order valence-corrected chi connectivity index (χ1v) is 5.67. The molecule has 2 aliphatic rings. The molecule has 80 valence electrons. The highest BCUT2D eigenvalue weighted by Gasteiger charge is 2.56.